The van der Waals surface area contributed by atoms with E-state index in [1.54, 1.807) is 6.07 Å². The van der Waals surface area contributed by atoms with Gasteiger partial charge in [-0.3, -0.25) is 0 Å². The second-order valence-electron chi connectivity index (χ2n) is 7.73. The fraction of sp³-hybridized carbons (Fsp3) is 0.619. The highest BCUT2D eigenvalue weighted by atomic mass is 16.6. The molecule has 0 spiro atoms. The number of benzene rings is 1. The number of aliphatic hydroxyl groups is 8. The molecule has 2 aliphatic heterocycles. The first-order valence-corrected chi connectivity index (χ1v) is 10.0. The Morgan fingerprint density at radius 1 is 0.812 bits per heavy atom. The summed E-state index contributed by atoms with van der Waals surface area (Å²) in [7, 11) is 1.38. The van der Waals surface area contributed by atoms with Crippen molar-refractivity contribution in [1.29, 1.82) is 0 Å². The van der Waals surface area contributed by atoms with Crippen molar-refractivity contribution in [2.75, 3.05) is 20.3 Å². The molecule has 1 aromatic rings. The zero-order valence-electron chi connectivity index (χ0n) is 17.2. The van der Waals surface area contributed by atoms with Crippen molar-refractivity contribution in [2.45, 2.75) is 61.0 Å². The molecule has 2 unspecified atom stereocenters. The number of hydrogen-bond donors (Lipinski definition) is 8. The van der Waals surface area contributed by atoms with E-state index in [2.05, 4.69) is 11.8 Å². The lowest BCUT2D eigenvalue weighted by Gasteiger charge is -2.40. The molecule has 0 saturated carbocycles. The maximum atomic E-state index is 10.3. The molecular weight excluding hydrogens is 428 g/mol. The van der Waals surface area contributed by atoms with Gasteiger partial charge >= 0.3 is 0 Å². The quantitative estimate of drug-likeness (QED) is 0.209. The molecule has 0 aliphatic carbocycles. The van der Waals surface area contributed by atoms with E-state index in [1.807, 2.05) is 0 Å². The maximum absolute atomic E-state index is 10.3. The molecule has 0 radical (unpaired) electrons. The number of ether oxygens (including phenoxy) is 3. The van der Waals surface area contributed by atoms with Crippen LogP contribution in [0, 0.1) is 11.8 Å². The lowest BCUT2D eigenvalue weighted by atomic mass is 9.90. The molecule has 0 amide bonds. The van der Waals surface area contributed by atoms with Gasteiger partial charge < -0.3 is 55.1 Å². The van der Waals surface area contributed by atoms with E-state index < -0.39 is 74.3 Å². The van der Waals surface area contributed by atoms with Crippen molar-refractivity contribution in [3.63, 3.8) is 0 Å². The summed E-state index contributed by atoms with van der Waals surface area (Å²) in [6, 6.07) is 4.59. The molecule has 1 aromatic carbocycles. The van der Waals surface area contributed by atoms with Crippen LogP contribution in [0.2, 0.25) is 0 Å². The van der Waals surface area contributed by atoms with Crippen LogP contribution in [0.3, 0.4) is 0 Å². The van der Waals surface area contributed by atoms with Gasteiger partial charge in [-0.1, -0.05) is 17.9 Å². The van der Waals surface area contributed by atoms with Gasteiger partial charge in [0.2, 0.25) is 0 Å². The smallest absolute Gasteiger partial charge is 0.147 e. The van der Waals surface area contributed by atoms with Gasteiger partial charge in [-0.25, -0.2) is 0 Å². The van der Waals surface area contributed by atoms with Gasteiger partial charge in [-0.15, -0.1) is 0 Å². The highest BCUT2D eigenvalue weighted by Crippen LogP contribution is 2.34. The van der Waals surface area contributed by atoms with Crippen LogP contribution < -0.4 is 4.74 Å². The van der Waals surface area contributed by atoms with Gasteiger partial charge in [0.05, 0.1) is 25.9 Å². The fourth-order valence-electron chi connectivity index (χ4n) is 3.73. The van der Waals surface area contributed by atoms with Crippen LogP contribution in [-0.4, -0.2) is 116 Å². The van der Waals surface area contributed by atoms with Crippen LogP contribution in [0.25, 0.3) is 0 Å². The van der Waals surface area contributed by atoms with Crippen LogP contribution in [0.1, 0.15) is 17.2 Å². The molecule has 2 heterocycles. The van der Waals surface area contributed by atoms with Crippen LogP contribution in [0.4, 0.5) is 0 Å². The predicted molar refractivity (Wildman–Crippen MR) is 106 cm³/mol. The summed E-state index contributed by atoms with van der Waals surface area (Å²) in [4.78, 5) is 0. The predicted octanol–water partition coefficient (Wildman–Crippen LogP) is -3.60. The summed E-state index contributed by atoms with van der Waals surface area (Å²) >= 11 is 0. The third-order valence-electron chi connectivity index (χ3n) is 5.69. The summed E-state index contributed by atoms with van der Waals surface area (Å²) in [6.45, 7) is -1.12. The molecule has 11 nitrogen and oxygen atoms in total. The second kappa shape index (κ2) is 10.4. The zero-order chi connectivity index (χ0) is 23.6. The average Bonchev–Trinajstić information content (AvgIpc) is 2.81. The van der Waals surface area contributed by atoms with E-state index >= 15 is 0 Å². The van der Waals surface area contributed by atoms with Gasteiger partial charge in [-0.2, -0.15) is 0 Å². The summed E-state index contributed by atoms with van der Waals surface area (Å²) < 4.78 is 16.2. The summed E-state index contributed by atoms with van der Waals surface area (Å²) in [5, 5.41) is 78.7. The van der Waals surface area contributed by atoms with E-state index in [9.17, 15) is 40.9 Å². The number of aliphatic hydroxyl groups excluding tert-OH is 8. The molecule has 0 aromatic heterocycles. The average molecular weight is 456 g/mol. The first-order chi connectivity index (χ1) is 15.2. The molecule has 178 valence electrons. The Hall–Kier alpha value is -1.82. The van der Waals surface area contributed by atoms with E-state index in [-0.39, 0.29) is 5.75 Å². The van der Waals surface area contributed by atoms with Crippen molar-refractivity contribution < 1.29 is 55.1 Å². The lowest BCUT2D eigenvalue weighted by Crippen LogP contribution is -2.58. The van der Waals surface area contributed by atoms with E-state index in [0.29, 0.717) is 11.1 Å². The third-order valence-corrected chi connectivity index (χ3v) is 5.69. The molecule has 0 bridgehead atoms. The minimum absolute atomic E-state index is 0.261. The third kappa shape index (κ3) is 4.75. The maximum Gasteiger partial charge on any atom is 0.147 e. The summed E-state index contributed by atoms with van der Waals surface area (Å²) in [5.74, 6) is 5.66. The van der Waals surface area contributed by atoms with Crippen molar-refractivity contribution in [2.24, 2.45) is 0 Å². The molecule has 2 fully saturated rings. The standard InChI is InChI=1S/C21H28O11/c1-30-12-6-10(21-20(29)19(28)17(26)14(8-23)32-21)3-2-9(12)4-5-11-15(24)18(27)16(25)13(7-22)31-11/h2-3,6,11,13-29H,7-8H2,1H3/t11-,13-,14-,15-,16-,17-,18?,19+,20?,21-/m1/s1. The molecule has 11 heteroatoms. The first kappa shape index (κ1) is 24.8. The largest absolute Gasteiger partial charge is 0.495 e. The Morgan fingerprint density at radius 2 is 1.41 bits per heavy atom. The van der Waals surface area contributed by atoms with Crippen molar-refractivity contribution >= 4 is 0 Å². The van der Waals surface area contributed by atoms with Crippen molar-refractivity contribution in [1.82, 2.24) is 0 Å². The fourth-order valence-corrected chi connectivity index (χ4v) is 3.73. The first-order valence-electron chi connectivity index (χ1n) is 10.0. The SMILES string of the molecule is COc1cc([C@H]2O[C@H](CO)[C@@H](O)[C@H](O)C2O)ccc1C#C[C@H]1O[C@H](CO)[C@@H](O)C(O)[C@@H]1O. The van der Waals surface area contributed by atoms with Crippen LogP contribution in [-0.2, 0) is 9.47 Å². The van der Waals surface area contributed by atoms with Gasteiger partial charge in [0.15, 0.2) is 0 Å². The molecular formula is C21H28O11. The second-order valence-corrected chi connectivity index (χ2v) is 7.73. The van der Waals surface area contributed by atoms with Crippen LogP contribution >= 0.6 is 0 Å². The minimum Gasteiger partial charge on any atom is -0.495 e. The van der Waals surface area contributed by atoms with Gasteiger partial charge in [-0.05, 0) is 17.7 Å². The number of rotatable bonds is 4. The zero-order valence-corrected chi connectivity index (χ0v) is 17.2. The highest BCUT2D eigenvalue weighted by Gasteiger charge is 2.44. The van der Waals surface area contributed by atoms with E-state index in [1.165, 1.54) is 19.2 Å². The Kier molecular flexibility index (Phi) is 8.07. The Morgan fingerprint density at radius 3 is 2.00 bits per heavy atom. The molecule has 8 N–H and O–H groups in total. The minimum atomic E-state index is -1.55. The summed E-state index contributed by atoms with van der Waals surface area (Å²) in [5.41, 5.74) is 0.759. The van der Waals surface area contributed by atoms with Crippen molar-refractivity contribution in [3.05, 3.63) is 29.3 Å². The molecule has 2 saturated heterocycles. The monoisotopic (exact) mass is 456 g/mol. The molecule has 2 aliphatic rings. The Bertz CT molecular complexity index is 833. The van der Waals surface area contributed by atoms with Gasteiger partial charge in [0.25, 0.3) is 0 Å². The normalized spacial score (nSPS) is 39.8. The van der Waals surface area contributed by atoms with E-state index in [0.717, 1.165) is 0 Å². The Balaban J connectivity index is 1.84. The van der Waals surface area contributed by atoms with Crippen molar-refractivity contribution in [3.8, 4) is 17.6 Å². The number of methoxy groups -OCH3 is 1. The van der Waals surface area contributed by atoms with Gasteiger partial charge in [0.1, 0.15) is 66.8 Å². The van der Waals surface area contributed by atoms with Gasteiger partial charge in [0, 0.05) is 0 Å². The van der Waals surface area contributed by atoms with E-state index in [4.69, 9.17) is 14.2 Å². The molecule has 32 heavy (non-hydrogen) atoms. The highest BCUT2D eigenvalue weighted by molar-refractivity contribution is 5.49. The molecule has 10 atom stereocenters. The lowest BCUT2D eigenvalue weighted by molar-refractivity contribution is -0.231. The summed E-state index contributed by atoms with van der Waals surface area (Å²) in [6.07, 6.45) is -13.4. The number of hydrogen-bond acceptors (Lipinski definition) is 11. The van der Waals surface area contributed by atoms with Crippen LogP contribution in [0.15, 0.2) is 18.2 Å². The van der Waals surface area contributed by atoms with Crippen LogP contribution in [0.5, 0.6) is 5.75 Å². The topological polar surface area (TPSA) is 190 Å². The molecule has 3 rings (SSSR count). The Labute approximate surface area is 184 Å².